The maximum absolute atomic E-state index is 13.6. The molecule has 0 aliphatic carbocycles. The van der Waals surface area contributed by atoms with Crippen molar-refractivity contribution in [3.63, 3.8) is 0 Å². The second-order valence-electron chi connectivity index (χ2n) is 5.22. The Morgan fingerprint density at radius 3 is 2.91 bits per heavy atom. The fourth-order valence-corrected chi connectivity index (χ4v) is 2.69. The van der Waals surface area contributed by atoms with Gasteiger partial charge in [0.15, 0.2) is 18.2 Å². The van der Waals surface area contributed by atoms with Crippen molar-refractivity contribution in [2.24, 2.45) is 5.92 Å². The van der Waals surface area contributed by atoms with E-state index in [-0.39, 0.29) is 11.7 Å². The zero-order valence-corrected chi connectivity index (χ0v) is 13.8. The van der Waals surface area contributed by atoms with Crippen LogP contribution in [0.5, 0.6) is 5.75 Å². The molecule has 1 amide bonds. The number of halogens is 2. The predicted molar refractivity (Wildman–Crippen MR) is 82.7 cm³/mol. The molecule has 0 saturated carbocycles. The molecular weight excluding hydrogens is 373 g/mol. The summed E-state index contributed by atoms with van der Waals surface area (Å²) in [6.07, 6.45) is 1.42. The van der Waals surface area contributed by atoms with Gasteiger partial charge in [-0.1, -0.05) is 15.9 Å². The predicted octanol–water partition coefficient (Wildman–Crippen LogP) is 1.96. The number of hydrogen-bond donors (Lipinski definition) is 2. The first-order valence-corrected chi connectivity index (χ1v) is 7.94. The van der Waals surface area contributed by atoms with Gasteiger partial charge in [-0.3, -0.25) is 4.79 Å². The molecule has 0 radical (unpaired) electrons. The van der Waals surface area contributed by atoms with Crippen LogP contribution in [-0.4, -0.2) is 42.8 Å². The number of carboxylic acid groups (broad SMARTS) is 1. The molecule has 2 unspecified atom stereocenters. The Morgan fingerprint density at radius 1 is 1.52 bits per heavy atom. The van der Waals surface area contributed by atoms with Crippen LogP contribution in [-0.2, 0) is 14.3 Å². The lowest BCUT2D eigenvalue weighted by molar-refractivity contribution is -0.145. The molecule has 2 N–H and O–H groups in total. The minimum atomic E-state index is -1.12. The van der Waals surface area contributed by atoms with Gasteiger partial charge in [-0.15, -0.1) is 0 Å². The van der Waals surface area contributed by atoms with Crippen LogP contribution in [0.3, 0.4) is 0 Å². The van der Waals surface area contributed by atoms with Crippen LogP contribution in [0.15, 0.2) is 22.7 Å². The van der Waals surface area contributed by atoms with Gasteiger partial charge in [0.1, 0.15) is 6.04 Å². The van der Waals surface area contributed by atoms with Gasteiger partial charge in [-0.2, -0.15) is 0 Å². The Kier molecular flexibility index (Phi) is 6.35. The highest BCUT2D eigenvalue weighted by molar-refractivity contribution is 9.10. The van der Waals surface area contributed by atoms with Crippen LogP contribution in [0.2, 0.25) is 0 Å². The van der Waals surface area contributed by atoms with Gasteiger partial charge in [0.25, 0.3) is 5.91 Å². The molecule has 6 nitrogen and oxygen atoms in total. The summed E-state index contributed by atoms with van der Waals surface area (Å²) >= 11 is 3.12. The van der Waals surface area contributed by atoms with E-state index < -0.39 is 30.3 Å². The largest absolute Gasteiger partial charge is 0.481 e. The molecule has 2 atom stereocenters. The SMILES string of the molecule is O=C(COc1ccc(Br)cc1F)NC(C(=O)O)C1CCCOC1. The third-order valence-corrected chi connectivity index (χ3v) is 4.00. The number of aliphatic carboxylic acids is 1. The van der Waals surface area contributed by atoms with Crippen molar-refractivity contribution in [3.8, 4) is 5.75 Å². The second kappa shape index (κ2) is 8.26. The molecular formula is C15H17BrFNO5. The van der Waals surface area contributed by atoms with Crippen molar-refractivity contribution in [1.29, 1.82) is 0 Å². The number of nitrogens with one attached hydrogen (secondary N) is 1. The Bertz CT molecular complexity index is 577. The highest BCUT2D eigenvalue weighted by Crippen LogP contribution is 2.21. The van der Waals surface area contributed by atoms with E-state index in [2.05, 4.69) is 21.2 Å². The average molecular weight is 390 g/mol. The molecule has 1 aromatic carbocycles. The van der Waals surface area contributed by atoms with Gasteiger partial charge >= 0.3 is 5.97 Å². The summed E-state index contributed by atoms with van der Waals surface area (Å²) in [5.74, 6) is -2.71. The zero-order chi connectivity index (χ0) is 16.8. The topological polar surface area (TPSA) is 84.9 Å². The van der Waals surface area contributed by atoms with E-state index in [4.69, 9.17) is 9.47 Å². The molecule has 8 heteroatoms. The van der Waals surface area contributed by atoms with Crippen molar-refractivity contribution < 1.29 is 28.6 Å². The molecule has 1 aliphatic heterocycles. The fraction of sp³-hybridized carbons (Fsp3) is 0.467. The van der Waals surface area contributed by atoms with Crippen LogP contribution < -0.4 is 10.1 Å². The molecule has 0 bridgehead atoms. The van der Waals surface area contributed by atoms with E-state index in [0.717, 1.165) is 6.42 Å². The van der Waals surface area contributed by atoms with Gasteiger partial charge in [0.2, 0.25) is 0 Å². The average Bonchev–Trinajstić information content (AvgIpc) is 2.52. The van der Waals surface area contributed by atoms with Crippen LogP contribution in [0, 0.1) is 11.7 Å². The Labute approximate surface area is 141 Å². The first-order chi connectivity index (χ1) is 11.0. The van der Waals surface area contributed by atoms with Crippen LogP contribution in [0.4, 0.5) is 4.39 Å². The summed E-state index contributed by atoms with van der Waals surface area (Å²) in [7, 11) is 0. The molecule has 0 spiro atoms. The minimum absolute atomic E-state index is 0.0729. The lowest BCUT2D eigenvalue weighted by Crippen LogP contribution is -2.49. The van der Waals surface area contributed by atoms with Crippen molar-refractivity contribution in [2.75, 3.05) is 19.8 Å². The molecule has 1 aromatic rings. The monoisotopic (exact) mass is 389 g/mol. The molecule has 0 aromatic heterocycles. The summed E-state index contributed by atoms with van der Waals surface area (Å²) in [5, 5.41) is 11.7. The summed E-state index contributed by atoms with van der Waals surface area (Å²) in [4.78, 5) is 23.2. The van der Waals surface area contributed by atoms with Crippen molar-refractivity contribution in [3.05, 3.63) is 28.5 Å². The maximum atomic E-state index is 13.6. The quantitative estimate of drug-likeness (QED) is 0.776. The molecule has 1 fully saturated rings. The van der Waals surface area contributed by atoms with E-state index in [9.17, 15) is 19.1 Å². The van der Waals surface area contributed by atoms with Crippen molar-refractivity contribution in [1.82, 2.24) is 5.32 Å². The summed E-state index contributed by atoms with van der Waals surface area (Å²) in [6, 6.07) is 3.14. The lowest BCUT2D eigenvalue weighted by atomic mass is 9.94. The Balaban J connectivity index is 1.90. The number of carboxylic acids is 1. The number of hydrogen-bond acceptors (Lipinski definition) is 4. The zero-order valence-electron chi connectivity index (χ0n) is 12.3. The smallest absolute Gasteiger partial charge is 0.326 e. The van der Waals surface area contributed by atoms with Gasteiger partial charge < -0.3 is 19.9 Å². The lowest BCUT2D eigenvalue weighted by Gasteiger charge is -2.28. The van der Waals surface area contributed by atoms with Crippen LogP contribution >= 0.6 is 15.9 Å². The number of rotatable bonds is 6. The number of carbonyl (C=O) groups is 2. The summed E-state index contributed by atoms with van der Waals surface area (Å²) < 4.78 is 24.5. The van der Waals surface area contributed by atoms with E-state index in [1.165, 1.54) is 12.1 Å². The van der Waals surface area contributed by atoms with E-state index in [1.807, 2.05) is 0 Å². The van der Waals surface area contributed by atoms with Gasteiger partial charge in [0, 0.05) is 17.0 Å². The highest BCUT2D eigenvalue weighted by atomic mass is 79.9. The Morgan fingerprint density at radius 2 is 2.30 bits per heavy atom. The molecule has 1 aliphatic rings. The molecule has 1 saturated heterocycles. The molecule has 126 valence electrons. The number of carbonyl (C=O) groups excluding carboxylic acids is 1. The van der Waals surface area contributed by atoms with Gasteiger partial charge in [-0.25, -0.2) is 9.18 Å². The third kappa shape index (κ3) is 5.18. The summed E-state index contributed by atoms with van der Waals surface area (Å²) in [5.41, 5.74) is 0. The van der Waals surface area contributed by atoms with Crippen LogP contribution in [0.25, 0.3) is 0 Å². The molecule has 2 rings (SSSR count). The van der Waals surface area contributed by atoms with Crippen LogP contribution in [0.1, 0.15) is 12.8 Å². The highest BCUT2D eigenvalue weighted by Gasteiger charge is 2.31. The van der Waals surface area contributed by atoms with Crippen molar-refractivity contribution >= 4 is 27.8 Å². The van der Waals surface area contributed by atoms with Gasteiger partial charge in [-0.05, 0) is 31.0 Å². The second-order valence-corrected chi connectivity index (χ2v) is 6.14. The number of amides is 1. The minimum Gasteiger partial charge on any atom is -0.481 e. The normalized spacial score (nSPS) is 19.0. The molecule has 23 heavy (non-hydrogen) atoms. The summed E-state index contributed by atoms with van der Waals surface area (Å²) in [6.45, 7) is 0.429. The number of benzene rings is 1. The first-order valence-electron chi connectivity index (χ1n) is 7.15. The maximum Gasteiger partial charge on any atom is 0.326 e. The number of ether oxygens (including phenoxy) is 2. The van der Waals surface area contributed by atoms with E-state index in [0.29, 0.717) is 24.1 Å². The van der Waals surface area contributed by atoms with Gasteiger partial charge in [0.05, 0.1) is 6.61 Å². The fourth-order valence-electron chi connectivity index (χ4n) is 2.36. The third-order valence-electron chi connectivity index (χ3n) is 3.50. The molecule has 1 heterocycles. The Hall–Kier alpha value is -1.67. The van der Waals surface area contributed by atoms with E-state index in [1.54, 1.807) is 6.07 Å². The first kappa shape index (κ1) is 17.7. The van der Waals surface area contributed by atoms with E-state index >= 15 is 0 Å². The van der Waals surface area contributed by atoms with Crippen molar-refractivity contribution in [2.45, 2.75) is 18.9 Å². The standard InChI is InChI=1S/C15H17BrFNO5/c16-10-3-4-12(11(17)6-10)23-8-13(19)18-14(15(20)21)9-2-1-5-22-7-9/h3-4,6,9,14H,1-2,5,7-8H2,(H,18,19)(H,20,21).